The summed E-state index contributed by atoms with van der Waals surface area (Å²) >= 11 is 0. The molecule has 0 radical (unpaired) electrons. The van der Waals surface area contributed by atoms with E-state index in [0.717, 1.165) is 0 Å². The van der Waals surface area contributed by atoms with Crippen LogP contribution < -0.4 is 0 Å². The second-order valence-corrected chi connectivity index (χ2v) is 15.8. The van der Waals surface area contributed by atoms with Crippen molar-refractivity contribution in [3.8, 4) is 55.6 Å². The number of hydrogen-bond donors (Lipinski definition) is 0. The van der Waals surface area contributed by atoms with Gasteiger partial charge < -0.3 is 0 Å². The molecule has 0 aromatic heterocycles. The number of benzene rings is 11. The first-order valence-electron chi connectivity index (χ1n) is 20.2. The maximum Gasteiger partial charge on any atom is -0.000740 e. The Labute approximate surface area is 339 Å². The average Bonchev–Trinajstić information content (AvgIpc) is 3.28. The minimum atomic E-state index is 1.21. The molecule has 0 saturated carbocycles. The van der Waals surface area contributed by atoms with Crippen molar-refractivity contribution in [1.82, 2.24) is 0 Å². The molecule has 11 rings (SSSR count). The van der Waals surface area contributed by atoms with Gasteiger partial charge in [-0.25, -0.2) is 0 Å². The summed E-state index contributed by atoms with van der Waals surface area (Å²) in [6.45, 7) is 4.45. The van der Waals surface area contributed by atoms with Gasteiger partial charge in [-0.15, -0.1) is 0 Å². The molecule has 0 spiro atoms. The normalized spacial score (nSPS) is 11.6. The van der Waals surface area contributed by atoms with Gasteiger partial charge in [-0.05, 0) is 148 Å². The predicted octanol–water partition coefficient (Wildman–Crippen LogP) is 16.4. The van der Waals surface area contributed by atoms with Crippen LogP contribution in [0.25, 0.3) is 109 Å². The van der Waals surface area contributed by atoms with Crippen molar-refractivity contribution in [2.75, 3.05) is 0 Å². The molecule has 0 amide bonds. The van der Waals surface area contributed by atoms with E-state index in [2.05, 4.69) is 220 Å². The Morgan fingerprint density at radius 2 is 0.672 bits per heavy atom. The van der Waals surface area contributed by atoms with Gasteiger partial charge in [-0.1, -0.05) is 193 Å². The van der Waals surface area contributed by atoms with E-state index in [0.29, 0.717) is 0 Å². The standard InChI is InChI=1S/C58H40/c1-37-30-38(2)32-46(31-37)55-47-24-14-15-25-48(47)56(54-36-43-23-13-12-22-42(43)33-51(54)41-20-10-5-11-21-41)58-50-29-27-45(40-18-8-4-9-19-40)35-53(50)52-34-44(26-28-49(52)57(55)58)39-16-6-3-7-17-39/h3-36H,1-2H3. The average molecular weight is 737 g/mol. The smallest absolute Gasteiger partial charge is 0.000740 e. The van der Waals surface area contributed by atoms with E-state index in [-0.39, 0.29) is 0 Å². The van der Waals surface area contributed by atoms with Crippen molar-refractivity contribution in [2.45, 2.75) is 13.8 Å². The molecule has 0 atom stereocenters. The molecule has 0 aliphatic heterocycles. The van der Waals surface area contributed by atoms with Gasteiger partial charge in [0.25, 0.3) is 0 Å². The maximum atomic E-state index is 2.45. The molecule has 0 saturated heterocycles. The summed E-state index contributed by atoms with van der Waals surface area (Å²) in [5.41, 5.74) is 14.9. The van der Waals surface area contributed by atoms with Crippen molar-refractivity contribution in [2.24, 2.45) is 0 Å². The minimum absolute atomic E-state index is 1.21. The number of rotatable bonds is 5. The highest BCUT2D eigenvalue weighted by Crippen LogP contribution is 2.52. The van der Waals surface area contributed by atoms with E-state index in [1.54, 1.807) is 0 Å². The van der Waals surface area contributed by atoms with Gasteiger partial charge in [0.1, 0.15) is 0 Å². The Kier molecular flexibility index (Phi) is 8.05. The summed E-state index contributed by atoms with van der Waals surface area (Å²) < 4.78 is 0. The summed E-state index contributed by atoms with van der Waals surface area (Å²) in [5.74, 6) is 0. The van der Waals surface area contributed by atoms with Crippen molar-refractivity contribution in [3.63, 3.8) is 0 Å². The zero-order valence-electron chi connectivity index (χ0n) is 32.6. The molecule has 0 bridgehead atoms. The highest BCUT2D eigenvalue weighted by atomic mass is 14.3. The third-order valence-electron chi connectivity index (χ3n) is 12.0. The summed E-state index contributed by atoms with van der Waals surface area (Å²) in [6.07, 6.45) is 0. The van der Waals surface area contributed by atoms with Crippen LogP contribution in [0.15, 0.2) is 206 Å². The Hall–Kier alpha value is -7.28. The van der Waals surface area contributed by atoms with Gasteiger partial charge in [-0.2, -0.15) is 0 Å². The molecule has 0 N–H and O–H groups in total. The van der Waals surface area contributed by atoms with Crippen LogP contribution in [0.1, 0.15) is 11.1 Å². The number of hydrogen-bond acceptors (Lipinski definition) is 0. The summed E-state index contributed by atoms with van der Waals surface area (Å²) in [4.78, 5) is 0. The molecule has 11 aromatic rings. The van der Waals surface area contributed by atoms with Gasteiger partial charge in [0.15, 0.2) is 0 Å². The molecule has 58 heavy (non-hydrogen) atoms. The number of aryl methyl sites for hydroxylation is 2. The lowest BCUT2D eigenvalue weighted by Gasteiger charge is -2.24. The Bertz CT molecular complexity index is 3350. The lowest BCUT2D eigenvalue weighted by molar-refractivity contribution is 1.39. The fourth-order valence-electron chi connectivity index (χ4n) is 9.57. The molecule has 0 heteroatoms. The van der Waals surface area contributed by atoms with Crippen LogP contribution in [0.5, 0.6) is 0 Å². The van der Waals surface area contributed by atoms with Crippen molar-refractivity contribution in [1.29, 1.82) is 0 Å². The topological polar surface area (TPSA) is 0 Å². The SMILES string of the molecule is Cc1cc(C)cc(-c2c3ccccc3c(-c3cc4ccccc4cc3-c3ccccc3)c3c4ccc(-c5ccccc5)cc4c4cc(-c5ccccc5)ccc4c23)c1. The minimum Gasteiger partial charge on any atom is -0.0622 e. The third-order valence-corrected chi connectivity index (χ3v) is 12.0. The van der Waals surface area contributed by atoms with E-state index >= 15 is 0 Å². The lowest BCUT2D eigenvalue weighted by atomic mass is 9.79. The first-order valence-corrected chi connectivity index (χ1v) is 20.2. The largest absolute Gasteiger partial charge is 0.0622 e. The summed E-state index contributed by atoms with van der Waals surface area (Å²) in [7, 11) is 0. The molecule has 0 unspecified atom stereocenters. The van der Waals surface area contributed by atoms with Crippen LogP contribution in [0.3, 0.4) is 0 Å². The van der Waals surface area contributed by atoms with E-state index in [9.17, 15) is 0 Å². The van der Waals surface area contributed by atoms with Crippen molar-refractivity contribution in [3.05, 3.63) is 217 Å². The van der Waals surface area contributed by atoms with Crippen molar-refractivity contribution >= 4 is 53.9 Å². The quantitative estimate of drug-likeness (QED) is 0.122. The zero-order valence-corrected chi connectivity index (χ0v) is 32.6. The fourth-order valence-corrected chi connectivity index (χ4v) is 9.57. The predicted molar refractivity (Wildman–Crippen MR) is 251 cm³/mol. The molecule has 11 aromatic carbocycles. The zero-order chi connectivity index (χ0) is 38.7. The first kappa shape index (κ1) is 34.0. The van der Waals surface area contributed by atoms with E-state index in [4.69, 9.17) is 0 Å². The van der Waals surface area contributed by atoms with E-state index in [1.165, 1.54) is 121 Å². The molecule has 0 aliphatic carbocycles. The second-order valence-electron chi connectivity index (χ2n) is 15.8. The molecule has 0 fully saturated rings. The van der Waals surface area contributed by atoms with Crippen LogP contribution in [0.2, 0.25) is 0 Å². The lowest BCUT2D eigenvalue weighted by Crippen LogP contribution is -1.96. The highest BCUT2D eigenvalue weighted by molar-refractivity contribution is 6.37. The molecule has 272 valence electrons. The molecular weight excluding hydrogens is 697 g/mol. The van der Waals surface area contributed by atoms with Gasteiger partial charge in [0.05, 0.1) is 0 Å². The Morgan fingerprint density at radius 1 is 0.241 bits per heavy atom. The maximum absolute atomic E-state index is 2.45. The molecule has 0 heterocycles. The highest BCUT2D eigenvalue weighted by Gasteiger charge is 2.24. The van der Waals surface area contributed by atoms with Crippen LogP contribution >= 0.6 is 0 Å². The van der Waals surface area contributed by atoms with Crippen LogP contribution in [0, 0.1) is 13.8 Å². The Morgan fingerprint density at radius 3 is 1.21 bits per heavy atom. The first-order chi connectivity index (χ1) is 28.6. The summed E-state index contributed by atoms with van der Waals surface area (Å²) in [6, 6.07) is 76.7. The fraction of sp³-hybridized carbons (Fsp3) is 0.0345. The van der Waals surface area contributed by atoms with Crippen LogP contribution in [-0.4, -0.2) is 0 Å². The molecular formula is C58H40. The Balaban J connectivity index is 1.41. The third kappa shape index (κ3) is 5.60. The number of fused-ring (bicyclic) bond motifs is 8. The van der Waals surface area contributed by atoms with Crippen molar-refractivity contribution < 1.29 is 0 Å². The van der Waals surface area contributed by atoms with Crippen LogP contribution in [0.4, 0.5) is 0 Å². The van der Waals surface area contributed by atoms with Gasteiger partial charge in [0, 0.05) is 0 Å². The monoisotopic (exact) mass is 736 g/mol. The van der Waals surface area contributed by atoms with Gasteiger partial charge >= 0.3 is 0 Å². The van der Waals surface area contributed by atoms with Gasteiger partial charge in [-0.3, -0.25) is 0 Å². The van der Waals surface area contributed by atoms with E-state index < -0.39 is 0 Å². The van der Waals surface area contributed by atoms with E-state index in [1.807, 2.05) is 0 Å². The van der Waals surface area contributed by atoms with Gasteiger partial charge in [0.2, 0.25) is 0 Å². The molecule has 0 nitrogen and oxygen atoms in total. The van der Waals surface area contributed by atoms with Crippen LogP contribution in [-0.2, 0) is 0 Å². The second kappa shape index (κ2) is 13.7. The summed E-state index contributed by atoms with van der Waals surface area (Å²) in [5, 5.41) is 12.6. The molecule has 0 aliphatic rings.